The summed E-state index contributed by atoms with van der Waals surface area (Å²) in [6, 6.07) is 15.0. The van der Waals surface area contributed by atoms with E-state index in [4.69, 9.17) is 27.9 Å². The molecule has 0 saturated heterocycles. The van der Waals surface area contributed by atoms with E-state index in [0.717, 1.165) is 0 Å². The van der Waals surface area contributed by atoms with Crippen molar-refractivity contribution in [2.24, 2.45) is 0 Å². The molecule has 2 aromatic rings. The summed E-state index contributed by atoms with van der Waals surface area (Å²) in [5, 5.41) is 14.0. The summed E-state index contributed by atoms with van der Waals surface area (Å²) < 4.78 is 5.48. The van der Waals surface area contributed by atoms with Gasteiger partial charge in [-0.3, -0.25) is 0 Å². The molecule has 2 rings (SSSR count). The van der Waals surface area contributed by atoms with Crippen LogP contribution in [0.2, 0.25) is 10.0 Å². The van der Waals surface area contributed by atoms with Gasteiger partial charge in [-0.05, 0) is 23.8 Å². The first kappa shape index (κ1) is 16.1. The van der Waals surface area contributed by atoms with E-state index < -0.39 is 6.10 Å². The molecule has 3 nitrogen and oxygen atoms in total. The fourth-order valence-electron chi connectivity index (χ4n) is 1.82. The van der Waals surface area contributed by atoms with Gasteiger partial charge in [-0.1, -0.05) is 53.5 Å². The molecule has 1 atom stereocenters. The van der Waals surface area contributed by atoms with Gasteiger partial charge in [-0.2, -0.15) is 0 Å². The Balaban J connectivity index is 1.71. The average Bonchev–Trinajstić information content (AvgIpc) is 2.47. The Morgan fingerprint density at radius 1 is 1.10 bits per heavy atom. The summed E-state index contributed by atoms with van der Waals surface area (Å²) in [6.45, 7) is 1.32. The molecule has 0 fully saturated rings. The van der Waals surface area contributed by atoms with Crippen LogP contribution in [-0.2, 0) is 6.54 Å². The van der Waals surface area contributed by atoms with Crippen LogP contribution in [0.15, 0.2) is 48.5 Å². The SMILES string of the molecule is OC(CNCc1ccccc1)COc1ccc(Cl)cc1Cl. The van der Waals surface area contributed by atoms with E-state index in [0.29, 0.717) is 28.9 Å². The molecule has 112 valence electrons. The van der Waals surface area contributed by atoms with Crippen LogP contribution in [0.1, 0.15) is 5.56 Å². The zero-order chi connectivity index (χ0) is 15.1. The predicted molar refractivity (Wildman–Crippen MR) is 86.1 cm³/mol. The smallest absolute Gasteiger partial charge is 0.138 e. The van der Waals surface area contributed by atoms with E-state index >= 15 is 0 Å². The van der Waals surface area contributed by atoms with Gasteiger partial charge in [0.25, 0.3) is 0 Å². The van der Waals surface area contributed by atoms with Gasteiger partial charge in [0, 0.05) is 18.1 Å². The summed E-state index contributed by atoms with van der Waals surface area (Å²) in [6.07, 6.45) is -0.611. The Labute approximate surface area is 134 Å². The van der Waals surface area contributed by atoms with Crippen LogP contribution in [0.25, 0.3) is 0 Å². The predicted octanol–water partition coefficient (Wildman–Crippen LogP) is 3.52. The lowest BCUT2D eigenvalue weighted by atomic mass is 10.2. The van der Waals surface area contributed by atoms with E-state index in [1.807, 2.05) is 30.3 Å². The lowest BCUT2D eigenvalue weighted by Gasteiger charge is -2.14. The van der Waals surface area contributed by atoms with E-state index in [1.54, 1.807) is 18.2 Å². The van der Waals surface area contributed by atoms with Crippen molar-refractivity contribution < 1.29 is 9.84 Å². The average molecular weight is 326 g/mol. The molecule has 1 unspecified atom stereocenters. The highest BCUT2D eigenvalue weighted by Gasteiger charge is 2.07. The largest absolute Gasteiger partial charge is 0.489 e. The van der Waals surface area contributed by atoms with Crippen molar-refractivity contribution in [2.75, 3.05) is 13.2 Å². The molecule has 0 aliphatic rings. The maximum Gasteiger partial charge on any atom is 0.138 e. The van der Waals surface area contributed by atoms with E-state index in [9.17, 15) is 5.11 Å². The number of nitrogens with one attached hydrogen (secondary N) is 1. The quantitative estimate of drug-likeness (QED) is 0.818. The topological polar surface area (TPSA) is 41.5 Å². The summed E-state index contributed by atoms with van der Waals surface area (Å²) in [5.41, 5.74) is 1.17. The highest BCUT2D eigenvalue weighted by Crippen LogP contribution is 2.27. The van der Waals surface area contributed by atoms with Crippen LogP contribution in [0.4, 0.5) is 0 Å². The second kappa shape index (κ2) is 8.25. The molecule has 0 saturated carbocycles. The lowest BCUT2D eigenvalue weighted by molar-refractivity contribution is 0.106. The number of ether oxygens (including phenoxy) is 1. The molecule has 0 bridgehead atoms. The van der Waals surface area contributed by atoms with Crippen LogP contribution in [0.5, 0.6) is 5.75 Å². The van der Waals surface area contributed by atoms with Crippen molar-refractivity contribution in [1.82, 2.24) is 5.32 Å². The number of rotatable bonds is 7. The molecular weight excluding hydrogens is 309 g/mol. The minimum Gasteiger partial charge on any atom is -0.489 e. The first-order valence-electron chi connectivity index (χ1n) is 6.65. The van der Waals surface area contributed by atoms with Gasteiger partial charge >= 0.3 is 0 Å². The van der Waals surface area contributed by atoms with Crippen molar-refractivity contribution in [3.05, 3.63) is 64.1 Å². The molecule has 21 heavy (non-hydrogen) atoms. The fourth-order valence-corrected chi connectivity index (χ4v) is 2.28. The van der Waals surface area contributed by atoms with Crippen LogP contribution in [0, 0.1) is 0 Å². The third-order valence-electron chi connectivity index (χ3n) is 2.88. The molecule has 0 heterocycles. The Bertz CT molecular complexity index is 563. The molecule has 0 aliphatic carbocycles. The van der Waals surface area contributed by atoms with Crippen molar-refractivity contribution >= 4 is 23.2 Å². The number of aliphatic hydroxyl groups excluding tert-OH is 1. The number of aliphatic hydroxyl groups is 1. The second-order valence-electron chi connectivity index (χ2n) is 4.66. The minimum atomic E-state index is -0.611. The highest BCUT2D eigenvalue weighted by atomic mass is 35.5. The summed E-state index contributed by atoms with van der Waals surface area (Å²) >= 11 is 11.8. The van der Waals surface area contributed by atoms with E-state index in [-0.39, 0.29) is 6.61 Å². The maximum atomic E-state index is 9.88. The lowest BCUT2D eigenvalue weighted by Crippen LogP contribution is -2.31. The van der Waals surface area contributed by atoms with Gasteiger partial charge in [-0.15, -0.1) is 0 Å². The Morgan fingerprint density at radius 2 is 1.86 bits per heavy atom. The molecule has 2 aromatic carbocycles. The van der Waals surface area contributed by atoms with Crippen LogP contribution < -0.4 is 10.1 Å². The molecule has 2 N–H and O–H groups in total. The molecule has 0 aliphatic heterocycles. The summed E-state index contributed by atoms with van der Waals surface area (Å²) in [5.74, 6) is 0.517. The monoisotopic (exact) mass is 325 g/mol. The number of hydrogen-bond donors (Lipinski definition) is 2. The van der Waals surface area contributed by atoms with Crippen LogP contribution in [-0.4, -0.2) is 24.4 Å². The van der Waals surface area contributed by atoms with Crippen molar-refractivity contribution in [3.8, 4) is 5.75 Å². The first-order valence-corrected chi connectivity index (χ1v) is 7.41. The van der Waals surface area contributed by atoms with Gasteiger partial charge in [0.05, 0.1) is 5.02 Å². The maximum absolute atomic E-state index is 9.88. The van der Waals surface area contributed by atoms with E-state index in [2.05, 4.69) is 5.32 Å². The summed E-state index contributed by atoms with van der Waals surface area (Å²) in [7, 11) is 0. The zero-order valence-corrected chi connectivity index (χ0v) is 12.9. The summed E-state index contributed by atoms with van der Waals surface area (Å²) in [4.78, 5) is 0. The van der Waals surface area contributed by atoms with Gasteiger partial charge in [0.1, 0.15) is 18.5 Å². The van der Waals surface area contributed by atoms with E-state index in [1.165, 1.54) is 5.56 Å². The third-order valence-corrected chi connectivity index (χ3v) is 3.41. The van der Waals surface area contributed by atoms with Gasteiger partial charge < -0.3 is 15.2 Å². The van der Waals surface area contributed by atoms with Crippen molar-refractivity contribution in [1.29, 1.82) is 0 Å². The number of halogens is 2. The standard InChI is InChI=1S/C16H17Cl2NO2/c17-13-6-7-16(15(18)8-13)21-11-14(20)10-19-9-12-4-2-1-3-5-12/h1-8,14,19-20H,9-11H2. The zero-order valence-electron chi connectivity index (χ0n) is 11.4. The molecule has 5 heteroatoms. The molecule has 0 radical (unpaired) electrons. The third kappa shape index (κ3) is 5.56. The normalized spacial score (nSPS) is 12.1. The minimum absolute atomic E-state index is 0.170. The highest BCUT2D eigenvalue weighted by molar-refractivity contribution is 6.35. The van der Waals surface area contributed by atoms with Crippen molar-refractivity contribution in [3.63, 3.8) is 0 Å². The molecular formula is C16H17Cl2NO2. The second-order valence-corrected chi connectivity index (χ2v) is 5.50. The Morgan fingerprint density at radius 3 is 2.57 bits per heavy atom. The van der Waals surface area contributed by atoms with Crippen LogP contribution in [0.3, 0.4) is 0 Å². The van der Waals surface area contributed by atoms with Gasteiger partial charge in [-0.25, -0.2) is 0 Å². The Kier molecular flexibility index (Phi) is 6.33. The van der Waals surface area contributed by atoms with Gasteiger partial charge in [0.15, 0.2) is 0 Å². The molecule has 0 spiro atoms. The number of hydrogen-bond acceptors (Lipinski definition) is 3. The number of benzene rings is 2. The van der Waals surface area contributed by atoms with Crippen LogP contribution >= 0.6 is 23.2 Å². The molecule has 0 aromatic heterocycles. The fraction of sp³-hybridized carbons (Fsp3) is 0.250. The molecule has 0 amide bonds. The van der Waals surface area contributed by atoms with Gasteiger partial charge in [0.2, 0.25) is 0 Å². The Hall–Kier alpha value is -1.26. The van der Waals surface area contributed by atoms with Crippen molar-refractivity contribution in [2.45, 2.75) is 12.6 Å². The first-order chi connectivity index (χ1) is 10.1.